The van der Waals surface area contributed by atoms with E-state index in [1.807, 2.05) is 25.1 Å². The molecule has 1 amide bonds. The maximum absolute atomic E-state index is 13.5. The lowest BCUT2D eigenvalue weighted by Gasteiger charge is -2.28. The molecule has 30 heavy (non-hydrogen) atoms. The first-order valence-electron chi connectivity index (χ1n) is 11.0. The summed E-state index contributed by atoms with van der Waals surface area (Å²) in [7, 11) is 0. The second-order valence-electron chi connectivity index (χ2n) is 8.33. The van der Waals surface area contributed by atoms with E-state index in [1.165, 1.54) is 37.8 Å². The Morgan fingerprint density at radius 3 is 2.87 bits per heavy atom. The molecule has 0 saturated heterocycles. The molecule has 2 fully saturated rings. The van der Waals surface area contributed by atoms with Gasteiger partial charge in [0.15, 0.2) is 0 Å². The molecular formula is C25H29FN2O2. The van der Waals surface area contributed by atoms with Gasteiger partial charge in [-0.1, -0.05) is 43.5 Å². The third-order valence-corrected chi connectivity index (χ3v) is 6.50. The summed E-state index contributed by atoms with van der Waals surface area (Å²) in [5, 5.41) is 3.09. The monoisotopic (exact) mass is 408 g/mol. The largest absolute Gasteiger partial charge is 0.450 e. The SMILES string of the molecule is CCOC(=O)NC1C[C@@H]2CCCC[C@@H]2[C@H]1/C=C/c1ccc(-c2cccc(F)c2)cn1. The number of amides is 1. The van der Waals surface area contributed by atoms with Crippen molar-refractivity contribution in [1.82, 2.24) is 10.3 Å². The van der Waals surface area contributed by atoms with Gasteiger partial charge in [0.05, 0.1) is 12.3 Å². The maximum Gasteiger partial charge on any atom is 0.407 e. The van der Waals surface area contributed by atoms with Gasteiger partial charge in [-0.15, -0.1) is 0 Å². The molecule has 4 rings (SSSR count). The third-order valence-electron chi connectivity index (χ3n) is 6.50. The van der Waals surface area contributed by atoms with E-state index in [-0.39, 0.29) is 18.0 Å². The minimum absolute atomic E-state index is 0.111. The quantitative estimate of drug-likeness (QED) is 0.676. The van der Waals surface area contributed by atoms with Crippen molar-refractivity contribution in [2.45, 2.75) is 45.1 Å². The highest BCUT2D eigenvalue weighted by molar-refractivity contribution is 5.68. The van der Waals surface area contributed by atoms with Crippen molar-refractivity contribution in [1.29, 1.82) is 0 Å². The number of pyridine rings is 1. The van der Waals surface area contributed by atoms with E-state index in [4.69, 9.17) is 4.74 Å². The number of carbonyl (C=O) groups is 1. The van der Waals surface area contributed by atoms with Crippen LogP contribution in [0, 0.1) is 23.6 Å². The number of halogens is 1. The van der Waals surface area contributed by atoms with Crippen LogP contribution in [0.5, 0.6) is 0 Å². The van der Waals surface area contributed by atoms with Crippen molar-refractivity contribution in [3.8, 4) is 11.1 Å². The fourth-order valence-electron chi connectivity index (χ4n) is 5.13. The number of aromatic nitrogens is 1. The number of alkyl carbamates (subject to hydrolysis) is 1. The molecule has 4 nitrogen and oxygen atoms in total. The van der Waals surface area contributed by atoms with Crippen molar-refractivity contribution in [2.75, 3.05) is 6.61 Å². The molecule has 1 aromatic carbocycles. The summed E-state index contributed by atoms with van der Waals surface area (Å²) in [4.78, 5) is 16.6. The number of nitrogens with one attached hydrogen (secondary N) is 1. The fraction of sp³-hybridized carbons (Fsp3) is 0.440. The number of nitrogens with zero attached hydrogens (tertiary/aromatic N) is 1. The minimum Gasteiger partial charge on any atom is -0.450 e. The van der Waals surface area contributed by atoms with Crippen LogP contribution in [0.15, 0.2) is 48.7 Å². The molecule has 1 aromatic heterocycles. The molecule has 1 unspecified atom stereocenters. The van der Waals surface area contributed by atoms with E-state index in [2.05, 4.69) is 22.5 Å². The molecule has 2 aromatic rings. The minimum atomic E-state index is -0.322. The predicted molar refractivity (Wildman–Crippen MR) is 116 cm³/mol. The molecule has 0 bridgehead atoms. The van der Waals surface area contributed by atoms with E-state index >= 15 is 0 Å². The van der Waals surface area contributed by atoms with Crippen LogP contribution in [0.3, 0.4) is 0 Å². The lowest BCUT2D eigenvalue weighted by atomic mass is 9.78. The highest BCUT2D eigenvalue weighted by Crippen LogP contribution is 2.46. The summed E-state index contributed by atoms with van der Waals surface area (Å²) in [6.07, 6.45) is 11.8. The Morgan fingerprint density at radius 2 is 2.10 bits per heavy atom. The zero-order valence-electron chi connectivity index (χ0n) is 17.4. The van der Waals surface area contributed by atoms with Crippen LogP contribution in [0.1, 0.15) is 44.7 Å². The summed E-state index contributed by atoms with van der Waals surface area (Å²) >= 11 is 0. The van der Waals surface area contributed by atoms with Gasteiger partial charge in [0.25, 0.3) is 0 Å². The van der Waals surface area contributed by atoms with Gasteiger partial charge in [0.1, 0.15) is 5.82 Å². The molecule has 4 atom stereocenters. The number of hydrogen-bond acceptors (Lipinski definition) is 3. The highest BCUT2D eigenvalue weighted by atomic mass is 19.1. The van der Waals surface area contributed by atoms with Crippen molar-refractivity contribution < 1.29 is 13.9 Å². The van der Waals surface area contributed by atoms with Gasteiger partial charge in [-0.05, 0) is 61.4 Å². The number of fused-ring (bicyclic) bond motifs is 1. The Hall–Kier alpha value is -2.69. The second-order valence-corrected chi connectivity index (χ2v) is 8.33. The van der Waals surface area contributed by atoms with Gasteiger partial charge >= 0.3 is 6.09 Å². The third kappa shape index (κ3) is 4.72. The van der Waals surface area contributed by atoms with Crippen molar-refractivity contribution in [2.24, 2.45) is 17.8 Å². The predicted octanol–water partition coefficient (Wildman–Crippen LogP) is 5.84. The smallest absolute Gasteiger partial charge is 0.407 e. The van der Waals surface area contributed by atoms with Gasteiger partial charge < -0.3 is 10.1 Å². The lowest BCUT2D eigenvalue weighted by Crippen LogP contribution is -2.38. The first-order valence-corrected chi connectivity index (χ1v) is 11.0. The van der Waals surface area contributed by atoms with Crippen LogP contribution < -0.4 is 5.32 Å². The Bertz CT molecular complexity index is 896. The average molecular weight is 409 g/mol. The molecular weight excluding hydrogens is 379 g/mol. The van der Waals surface area contributed by atoms with E-state index in [1.54, 1.807) is 12.3 Å². The summed E-state index contributed by atoms with van der Waals surface area (Å²) in [5.74, 6) is 1.32. The molecule has 158 valence electrons. The molecule has 0 aliphatic heterocycles. The second kappa shape index (κ2) is 9.41. The van der Waals surface area contributed by atoms with E-state index < -0.39 is 0 Å². The zero-order valence-corrected chi connectivity index (χ0v) is 17.4. The van der Waals surface area contributed by atoms with Gasteiger partial charge in [0.2, 0.25) is 0 Å². The van der Waals surface area contributed by atoms with Crippen LogP contribution in [0.4, 0.5) is 9.18 Å². The van der Waals surface area contributed by atoms with E-state index in [0.717, 1.165) is 23.2 Å². The summed E-state index contributed by atoms with van der Waals surface area (Å²) < 4.78 is 18.6. The fourth-order valence-corrected chi connectivity index (χ4v) is 5.13. The van der Waals surface area contributed by atoms with Gasteiger partial charge in [-0.2, -0.15) is 0 Å². The molecule has 2 saturated carbocycles. The molecule has 2 aliphatic rings. The number of hydrogen-bond donors (Lipinski definition) is 1. The van der Waals surface area contributed by atoms with Crippen LogP contribution in [0.2, 0.25) is 0 Å². The van der Waals surface area contributed by atoms with Gasteiger partial charge in [-0.3, -0.25) is 4.98 Å². The molecule has 0 radical (unpaired) electrons. The van der Waals surface area contributed by atoms with Crippen LogP contribution in [0.25, 0.3) is 17.2 Å². The van der Waals surface area contributed by atoms with E-state index in [9.17, 15) is 9.18 Å². The zero-order chi connectivity index (χ0) is 20.9. The van der Waals surface area contributed by atoms with Crippen molar-refractivity contribution in [3.63, 3.8) is 0 Å². The lowest BCUT2D eigenvalue weighted by molar-refractivity contribution is 0.146. The maximum atomic E-state index is 13.5. The Morgan fingerprint density at radius 1 is 1.23 bits per heavy atom. The summed E-state index contributed by atoms with van der Waals surface area (Å²) in [6.45, 7) is 2.21. The van der Waals surface area contributed by atoms with Crippen LogP contribution >= 0.6 is 0 Å². The molecule has 1 N–H and O–H groups in total. The Labute approximate surface area is 177 Å². The average Bonchev–Trinajstić information content (AvgIpc) is 3.09. The summed E-state index contributed by atoms with van der Waals surface area (Å²) in [5.41, 5.74) is 2.57. The Kier molecular flexibility index (Phi) is 6.46. The summed E-state index contributed by atoms with van der Waals surface area (Å²) in [6, 6.07) is 10.6. The molecule has 1 heterocycles. The normalized spacial score (nSPS) is 25.8. The number of ether oxygens (including phenoxy) is 1. The van der Waals surface area contributed by atoms with Crippen molar-refractivity contribution in [3.05, 3.63) is 60.2 Å². The molecule has 2 aliphatic carbocycles. The highest BCUT2D eigenvalue weighted by Gasteiger charge is 2.43. The van der Waals surface area contributed by atoms with Gasteiger partial charge in [-0.25, -0.2) is 9.18 Å². The first kappa shape index (κ1) is 20.6. The first-order chi connectivity index (χ1) is 14.6. The number of rotatable bonds is 5. The number of carbonyl (C=O) groups excluding carboxylic acids is 1. The molecule has 5 heteroatoms. The van der Waals surface area contributed by atoms with Gasteiger partial charge in [0, 0.05) is 23.7 Å². The topological polar surface area (TPSA) is 51.2 Å². The van der Waals surface area contributed by atoms with Crippen molar-refractivity contribution >= 4 is 12.2 Å². The molecule has 0 spiro atoms. The van der Waals surface area contributed by atoms with Crippen LogP contribution in [-0.2, 0) is 4.74 Å². The standard InChI is InChI=1S/C25H29FN2O2/c1-2-30-25(29)28-24-15-18-6-3-4-9-22(18)23(24)13-12-21-11-10-19(16-27-21)17-7-5-8-20(26)14-17/h5,7-8,10-14,16,18,22-24H,2-4,6,9,15H2,1H3,(H,28,29)/b13-12+/t18-,22-,23+,24?/m0/s1. The van der Waals surface area contributed by atoms with E-state index in [0.29, 0.717) is 24.4 Å². The van der Waals surface area contributed by atoms with Crippen LogP contribution in [-0.4, -0.2) is 23.7 Å². The number of benzene rings is 1. The Balaban J connectivity index is 1.49.